The zero-order valence-corrected chi connectivity index (χ0v) is 12.7. The highest BCUT2D eigenvalue weighted by Gasteiger charge is 2.29. The Hall–Kier alpha value is -1.64. The molecule has 1 aromatic carbocycles. The maximum atomic E-state index is 12.2. The van der Waals surface area contributed by atoms with Crippen molar-refractivity contribution >= 4 is 27.3 Å². The van der Waals surface area contributed by atoms with Crippen molar-refractivity contribution in [1.29, 1.82) is 0 Å². The number of sulfonamides is 1. The largest absolute Gasteiger partial charge is 0.380 e. The Balaban J connectivity index is 2.08. The molecule has 1 saturated heterocycles. The molecule has 8 heteroatoms. The number of hydrogen-bond acceptors (Lipinski definition) is 5. The average Bonchev–Trinajstić information content (AvgIpc) is 2.88. The summed E-state index contributed by atoms with van der Waals surface area (Å²) in [6, 6.07) is 6.31. The average molecular weight is 313 g/mol. The van der Waals surface area contributed by atoms with Crippen LogP contribution in [0.1, 0.15) is 6.42 Å². The molecule has 1 aliphatic rings. The number of nitrogens with one attached hydrogen (secondary N) is 3. The first-order valence-electron chi connectivity index (χ1n) is 6.53. The van der Waals surface area contributed by atoms with Gasteiger partial charge in [-0.1, -0.05) is 12.1 Å². The van der Waals surface area contributed by atoms with Crippen LogP contribution in [0.25, 0.3) is 0 Å². The van der Waals surface area contributed by atoms with Crippen LogP contribution in [0, 0.1) is 0 Å². The van der Waals surface area contributed by atoms with Gasteiger partial charge in [-0.05, 0) is 18.6 Å². The number of para-hydroxylation sites is 2. The second-order valence-corrected chi connectivity index (χ2v) is 6.71. The topological polar surface area (TPSA) is 96.5 Å². The smallest absolute Gasteiger partial charge is 0.241 e. The van der Waals surface area contributed by atoms with Crippen LogP contribution < -0.4 is 15.4 Å². The predicted octanol–water partition coefficient (Wildman–Crippen LogP) is 0.373. The molecule has 0 bridgehead atoms. The van der Waals surface area contributed by atoms with E-state index < -0.39 is 10.0 Å². The molecule has 116 valence electrons. The summed E-state index contributed by atoms with van der Waals surface area (Å²) in [5, 5.41) is 5.81. The van der Waals surface area contributed by atoms with Crippen LogP contribution in [0.2, 0.25) is 0 Å². The Morgan fingerprint density at radius 2 is 2.00 bits per heavy atom. The molecule has 1 fully saturated rings. The lowest BCUT2D eigenvalue weighted by atomic mass is 10.2. The first-order chi connectivity index (χ1) is 9.89. The Morgan fingerprint density at radius 1 is 1.33 bits per heavy atom. The lowest BCUT2D eigenvalue weighted by molar-refractivity contribution is -0.118. The molecule has 0 spiro atoms. The molecular formula is C13H19N3O4S. The lowest BCUT2D eigenvalue weighted by Gasteiger charge is -2.14. The summed E-state index contributed by atoms with van der Waals surface area (Å²) < 4.78 is 30.2. The molecule has 2 unspecified atom stereocenters. The maximum absolute atomic E-state index is 12.2. The standard InChI is InChI=1S/C13H19N3O4S/c1-20-9-7-12(14-8-9)13(17)15-10-5-3-4-6-11(10)16-21(2,18)19/h3-6,9,12,14,16H,7-8H2,1-2H3,(H,15,17). The molecule has 7 nitrogen and oxygen atoms in total. The van der Waals surface area contributed by atoms with Crippen LogP contribution in [0.4, 0.5) is 11.4 Å². The van der Waals surface area contributed by atoms with Gasteiger partial charge in [-0.25, -0.2) is 8.42 Å². The molecule has 2 atom stereocenters. The molecule has 0 saturated carbocycles. The van der Waals surface area contributed by atoms with Crippen molar-refractivity contribution in [3.63, 3.8) is 0 Å². The minimum Gasteiger partial charge on any atom is -0.380 e. The summed E-state index contributed by atoms with van der Waals surface area (Å²) in [5.41, 5.74) is 0.769. The van der Waals surface area contributed by atoms with Crippen LogP contribution >= 0.6 is 0 Å². The number of benzene rings is 1. The van der Waals surface area contributed by atoms with E-state index in [0.717, 1.165) is 6.26 Å². The number of anilines is 2. The van der Waals surface area contributed by atoms with Gasteiger partial charge >= 0.3 is 0 Å². The maximum Gasteiger partial charge on any atom is 0.241 e. The highest BCUT2D eigenvalue weighted by molar-refractivity contribution is 7.92. The van der Waals surface area contributed by atoms with Gasteiger partial charge in [-0.15, -0.1) is 0 Å². The van der Waals surface area contributed by atoms with Crippen molar-refractivity contribution in [2.75, 3.05) is 29.9 Å². The number of hydrogen-bond donors (Lipinski definition) is 3. The van der Waals surface area contributed by atoms with Gasteiger partial charge in [0.15, 0.2) is 0 Å². The fraction of sp³-hybridized carbons (Fsp3) is 0.462. The van der Waals surface area contributed by atoms with Gasteiger partial charge in [-0.3, -0.25) is 9.52 Å². The van der Waals surface area contributed by atoms with E-state index in [1.54, 1.807) is 31.4 Å². The van der Waals surface area contributed by atoms with Crippen molar-refractivity contribution in [3.8, 4) is 0 Å². The van der Waals surface area contributed by atoms with Crippen molar-refractivity contribution in [2.24, 2.45) is 0 Å². The van der Waals surface area contributed by atoms with E-state index in [0.29, 0.717) is 24.3 Å². The number of carbonyl (C=O) groups is 1. The molecule has 1 heterocycles. The van der Waals surface area contributed by atoms with Crippen molar-refractivity contribution < 1.29 is 17.9 Å². The zero-order chi connectivity index (χ0) is 15.5. The van der Waals surface area contributed by atoms with Crippen molar-refractivity contribution in [2.45, 2.75) is 18.6 Å². The molecular weight excluding hydrogens is 294 g/mol. The summed E-state index contributed by atoms with van der Waals surface area (Å²) in [6.45, 7) is 0.623. The quantitative estimate of drug-likeness (QED) is 0.730. The van der Waals surface area contributed by atoms with Gasteiger partial charge in [0.25, 0.3) is 0 Å². The number of ether oxygens (including phenoxy) is 1. The summed E-state index contributed by atoms with van der Waals surface area (Å²) in [5.74, 6) is -0.211. The van der Waals surface area contributed by atoms with E-state index in [9.17, 15) is 13.2 Å². The zero-order valence-electron chi connectivity index (χ0n) is 11.9. The monoisotopic (exact) mass is 313 g/mol. The minimum atomic E-state index is -3.40. The van der Waals surface area contributed by atoms with Gasteiger partial charge in [0.05, 0.1) is 29.8 Å². The second kappa shape index (κ2) is 6.42. The third-order valence-corrected chi connectivity index (χ3v) is 3.81. The highest BCUT2D eigenvalue weighted by atomic mass is 32.2. The minimum absolute atomic E-state index is 0.0186. The molecule has 2 rings (SSSR count). The summed E-state index contributed by atoms with van der Waals surface area (Å²) >= 11 is 0. The van der Waals surface area contributed by atoms with Gasteiger partial charge < -0.3 is 15.4 Å². The van der Waals surface area contributed by atoms with Gasteiger partial charge in [-0.2, -0.15) is 0 Å². The van der Waals surface area contributed by atoms with Crippen LogP contribution in [0.5, 0.6) is 0 Å². The number of carbonyl (C=O) groups excluding carboxylic acids is 1. The van der Waals surface area contributed by atoms with Crippen LogP contribution in [0.3, 0.4) is 0 Å². The number of methoxy groups -OCH3 is 1. The lowest BCUT2D eigenvalue weighted by Crippen LogP contribution is -2.35. The van der Waals surface area contributed by atoms with Crippen LogP contribution in [-0.2, 0) is 19.6 Å². The Morgan fingerprint density at radius 3 is 2.57 bits per heavy atom. The van der Waals surface area contributed by atoms with Gasteiger partial charge in [0.1, 0.15) is 0 Å². The van der Waals surface area contributed by atoms with Gasteiger partial charge in [0, 0.05) is 13.7 Å². The third-order valence-electron chi connectivity index (χ3n) is 3.22. The first kappa shape index (κ1) is 15.7. The van der Waals surface area contributed by atoms with E-state index in [4.69, 9.17) is 4.74 Å². The van der Waals surface area contributed by atoms with E-state index in [1.165, 1.54) is 0 Å². The van der Waals surface area contributed by atoms with Crippen molar-refractivity contribution in [1.82, 2.24) is 5.32 Å². The Kier molecular flexibility index (Phi) is 4.81. The molecule has 1 aromatic rings. The Labute approximate surface area is 124 Å². The predicted molar refractivity (Wildman–Crippen MR) is 80.7 cm³/mol. The van der Waals surface area contributed by atoms with E-state index in [-0.39, 0.29) is 18.1 Å². The normalized spacial score (nSPS) is 22.0. The summed E-state index contributed by atoms with van der Waals surface area (Å²) in [7, 11) is -1.80. The SMILES string of the molecule is COC1CNC(C(=O)Nc2ccccc2NS(C)(=O)=O)C1. The molecule has 0 aromatic heterocycles. The number of amides is 1. The number of rotatable bonds is 5. The molecule has 1 aliphatic heterocycles. The molecule has 3 N–H and O–H groups in total. The van der Waals surface area contributed by atoms with Crippen LogP contribution in [0.15, 0.2) is 24.3 Å². The van der Waals surface area contributed by atoms with E-state index in [2.05, 4.69) is 15.4 Å². The Bertz CT molecular complexity index is 618. The summed E-state index contributed by atoms with van der Waals surface area (Å²) in [6.07, 6.45) is 1.67. The van der Waals surface area contributed by atoms with E-state index >= 15 is 0 Å². The highest BCUT2D eigenvalue weighted by Crippen LogP contribution is 2.23. The fourth-order valence-corrected chi connectivity index (χ4v) is 2.76. The van der Waals surface area contributed by atoms with Crippen molar-refractivity contribution in [3.05, 3.63) is 24.3 Å². The first-order valence-corrected chi connectivity index (χ1v) is 8.42. The summed E-state index contributed by atoms with van der Waals surface area (Å²) in [4.78, 5) is 12.2. The van der Waals surface area contributed by atoms with E-state index in [1.807, 2.05) is 0 Å². The molecule has 1 amide bonds. The molecule has 21 heavy (non-hydrogen) atoms. The second-order valence-electron chi connectivity index (χ2n) is 4.96. The third kappa shape index (κ3) is 4.42. The van der Waals surface area contributed by atoms with Crippen LogP contribution in [-0.4, -0.2) is 46.4 Å². The molecule has 0 radical (unpaired) electrons. The fourth-order valence-electron chi connectivity index (χ4n) is 2.18. The van der Waals surface area contributed by atoms with Gasteiger partial charge in [0.2, 0.25) is 15.9 Å². The molecule has 0 aliphatic carbocycles.